The summed E-state index contributed by atoms with van der Waals surface area (Å²) in [6.45, 7) is 14.1. The zero-order valence-electron chi connectivity index (χ0n) is 13.5. The van der Waals surface area contributed by atoms with Gasteiger partial charge >= 0.3 is 0 Å². The minimum Gasteiger partial charge on any atom is -0.507 e. The average Bonchev–Trinajstić information content (AvgIpc) is 2.24. The second kappa shape index (κ2) is 5.40. The van der Waals surface area contributed by atoms with Crippen LogP contribution >= 0.6 is 11.6 Å². The Morgan fingerprint density at radius 2 is 1.40 bits per heavy atom. The van der Waals surface area contributed by atoms with Crippen LogP contribution in [0, 0.1) is 0 Å². The molecule has 0 heterocycles. The Hall–Kier alpha value is -1.02. The third kappa shape index (κ3) is 3.54. The number of carbonyl (C=O) groups excluding carboxylic acids is 1. The van der Waals surface area contributed by atoms with Gasteiger partial charge < -0.3 is 5.11 Å². The van der Waals surface area contributed by atoms with Gasteiger partial charge in [0.2, 0.25) is 5.24 Å². The van der Waals surface area contributed by atoms with E-state index in [4.69, 9.17) is 11.6 Å². The largest absolute Gasteiger partial charge is 0.507 e. The van der Waals surface area contributed by atoms with Crippen LogP contribution in [0.2, 0.25) is 0 Å². The van der Waals surface area contributed by atoms with Crippen LogP contribution in [-0.4, -0.2) is 10.3 Å². The molecule has 0 aliphatic carbocycles. The van der Waals surface area contributed by atoms with Crippen molar-refractivity contribution in [3.63, 3.8) is 0 Å². The van der Waals surface area contributed by atoms with E-state index < -0.39 is 0 Å². The first-order chi connectivity index (χ1) is 8.85. The molecule has 0 fully saturated rings. The van der Waals surface area contributed by atoms with E-state index in [0.717, 1.165) is 16.7 Å². The quantitative estimate of drug-likeness (QED) is 0.792. The van der Waals surface area contributed by atoms with Gasteiger partial charge in [0.25, 0.3) is 0 Å². The van der Waals surface area contributed by atoms with E-state index in [9.17, 15) is 9.90 Å². The first kappa shape index (κ1) is 17.0. The van der Waals surface area contributed by atoms with Crippen molar-refractivity contribution in [3.05, 3.63) is 28.8 Å². The SMILES string of the molecule is CC(C(=O)Cl)c1cc(C(C)(C)C)c(O)c(C(C)(C)C)c1. The van der Waals surface area contributed by atoms with E-state index in [1.807, 2.05) is 53.7 Å². The van der Waals surface area contributed by atoms with Crippen LogP contribution in [0.1, 0.15) is 71.1 Å². The molecule has 3 heteroatoms. The fourth-order valence-electron chi connectivity index (χ4n) is 2.18. The van der Waals surface area contributed by atoms with Crippen molar-refractivity contribution in [2.75, 3.05) is 0 Å². The minimum absolute atomic E-state index is 0.199. The summed E-state index contributed by atoms with van der Waals surface area (Å²) in [4.78, 5) is 11.5. The molecule has 0 aliphatic rings. The Morgan fingerprint density at radius 3 is 1.65 bits per heavy atom. The molecular formula is C17H25ClO2. The normalized spacial score (nSPS) is 14.2. The first-order valence-electron chi connectivity index (χ1n) is 6.93. The minimum atomic E-state index is -0.379. The smallest absolute Gasteiger partial charge is 0.228 e. The lowest BCUT2D eigenvalue weighted by atomic mass is 9.77. The van der Waals surface area contributed by atoms with Gasteiger partial charge in [0.1, 0.15) is 5.75 Å². The molecule has 0 saturated carbocycles. The zero-order valence-corrected chi connectivity index (χ0v) is 14.2. The molecule has 1 aromatic rings. The molecule has 1 rings (SSSR count). The number of hydrogen-bond donors (Lipinski definition) is 1. The van der Waals surface area contributed by atoms with Gasteiger partial charge in [-0.1, -0.05) is 60.6 Å². The van der Waals surface area contributed by atoms with Crippen LogP contribution in [0.15, 0.2) is 12.1 Å². The molecule has 1 aromatic carbocycles. The maximum atomic E-state index is 11.5. The Morgan fingerprint density at radius 1 is 1.05 bits per heavy atom. The summed E-state index contributed by atoms with van der Waals surface area (Å²) in [5, 5.41) is 10.2. The predicted octanol–water partition coefficient (Wildman–Crippen LogP) is 4.86. The van der Waals surface area contributed by atoms with Crippen molar-refractivity contribution >= 4 is 16.8 Å². The standard InChI is InChI=1S/C17H25ClO2/c1-10(15(18)20)11-8-12(16(2,3)4)14(19)13(9-11)17(5,6)7/h8-10,19H,1-7H3. The fraction of sp³-hybridized carbons (Fsp3) is 0.588. The molecule has 0 amide bonds. The number of phenolic OH excluding ortho intramolecular Hbond substituents is 1. The number of carbonyl (C=O) groups is 1. The summed E-state index contributed by atoms with van der Waals surface area (Å²) in [5.41, 5.74) is 2.16. The average molecular weight is 297 g/mol. The summed E-state index contributed by atoms with van der Waals surface area (Å²) >= 11 is 5.63. The lowest BCUT2D eigenvalue weighted by Gasteiger charge is -2.29. The third-order valence-electron chi connectivity index (χ3n) is 3.59. The van der Waals surface area contributed by atoms with Crippen LogP contribution in [0.4, 0.5) is 0 Å². The molecule has 2 nitrogen and oxygen atoms in total. The highest BCUT2D eigenvalue weighted by atomic mass is 35.5. The van der Waals surface area contributed by atoms with Crippen molar-refractivity contribution in [2.24, 2.45) is 0 Å². The van der Waals surface area contributed by atoms with Crippen LogP contribution in [-0.2, 0) is 15.6 Å². The second-order valence-electron chi connectivity index (χ2n) is 7.49. The third-order valence-corrected chi connectivity index (χ3v) is 3.92. The molecule has 1 unspecified atom stereocenters. The maximum absolute atomic E-state index is 11.5. The molecule has 112 valence electrons. The summed E-state index contributed by atoms with van der Waals surface area (Å²) in [6.07, 6.45) is 0. The molecule has 1 N–H and O–H groups in total. The molecular weight excluding hydrogens is 272 g/mol. The number of benzene rings is 1. The second-order valence-corrected chi connectivity index (χ2v) is 7.86. The van der Waals surface area contributed by atoms with Gasteiger partial charge in [0.05, 0.1) is 5.92 Å². The van der Waals surface area contributed by atoms with E-state index >= 15 is 0 Å². The van der Waals surface area contributed by atoms with E-state index in [-0.39, 0.29) is 22.0 Å². The van der Waals surface area contributed by atoms with Crippen LogP contribution in [0.5, 0.6) is 5.75 Å². The Labute approximate surface area is 127 Å². The number of rotatable bonds is 2. The van der Waals surface area contributed by atoms with Gasteiger partial charge in [-0.3, -0.25) is 4.79 Å². The van der Waals surface area contributed by atoms with Gasteiger partial charge in [0, 0.05) is 0 Å². The lowest BCUT2D eigenvalue weighted by Crippen LogP contribution is -2.19. The highest BCUT2D eigenvalue weighted by Gasteiger charge is 2.28. The van der Waals surface area contributed by atoms with E-state index in [0.29, 0.717) is 5.75 Å². The summed E-state index contributed by atoms with van der Waals surface area (Å²) in [6, 6.07) is 3.80. The molecule has 0 bridgehead atoms. The molecule has 20 heavy (non-hydrogen) atoms. The van der Waals surface area contributed by atoms with Crippen molar-refractivity contribution in [1.82, 2.24) is 0 Å². The zero-order chi connectivity index (χ0) is 15.9. The molecule has 0 spiro atoms. The van der Waals surface area contributed by atoms with Crippen LogP contribution < -0.4 is 0 Å². The van der Waals surface area contributed by atoms with Crippen molar-refractivity contribution < 1.29 is 9.90 Å². The summed E-state index contributed by atoms with van der Waals surface area (Å²) in [7, 11) is 0. The van der Waals surface area contributed by atoms with Crippen molar-refractivity contribution in [2.45, 2.75) is 65.2 Å². The first-order valence-corrected chi connectivity index (χ1v) is 7.30. The van der Waals surface area contributed by atoms with Crippen molar-refractivity contribution in [3.8, 4) is 5.75 Å². The number of halogens is 1. The fourth-order valence-corrected chi connectivity index (χ4v) is 2.31. The Balaban J connectivity index is 3.63. The number of hydrogen-bond acceptors (Lipinski definition) is 2. The predicted molar refractivity (Wildman–Crippen MR) is 84.8 cm³/mol. The lowest BCUT2D eigenvalue weighted by molar-refractivity contribution is -0.112. The summed E-state index contributed by atoms with van der Waals surface area (Å²) < 4.78 is 0. The molecule has 0 radical (unpaired) electrons. The molecule has 1 atom stereocenters. The van der Waals surface area contributed by atoms with Gasteiger partial charge in [0.15, 0.2) is 0 Å². The van der Waals surface area contributed by atoms with Crippen LogP contribution in [0.3, 0.4) is 0 Å². The highest BCUT2D eigenvalue weighted by Crippen LogP contribution is 2.41. The molecule has 0 aliphatic heterocycles. The molecule has 0 aromatic heterocycles. The molecule has 0 saturated heterocycles. The van der Waals surface area contributed by atoms with Gasteiger partial charge in [-0.15, -0.1) is 0 Å². The Bertz CT molecular complexity index is 484. The van der Waals surface area contributed by atoms with E-state index in [1.54, 1.807) is 6.92 Å². The number of phenols is 1. The summed E-state index contributed by atoms with van der Waals surface area (Å²) in [5.74, 6) is -0.0533. The van der Waals surface area contributed by atoms with E-state index in [1.165, 1.54) is 0 Å². The topological polar surface area (TPSA) is 37.3 Å². The van der Waals surface area contributed by atoms with E-state index in [2.05, 4.69) is 0 Å². The van der Waals surface area contributed by atoms with Gasteiger partial charge in [-0.25, -0.2) is 0 Å². The van der Waals surface area contributed by atoms with Crippen LogP contribution in [0.25, 0.3) is 0 Å². The number of aromatic hydroxyl groups is 1. The maximum Gasteiger partial charge on any atom is 0.228 e. The highest BCUT2D eigenvalue weighted by molar-refractivity contribution is 6.64. The van der Waals surface area contributed by atoms with Crippen molar-refractivity contribution in [1.29, 1.82) is 0 Å². The monoisotopic (exact) mass is 296 g/mol. The van der Waals surface area contributed by atoms with Gasteiger partial charge in [-0.2, -0.15) is 0 Å². The Kier molecular flexibility index (Phi) is 4.60. The van der Waals surface area contributed by atoms with Gasteiger partial charge in [-0.05, 0) is 39.1 Å².